The molecule has 1 aliphatic heterocycles. The topological polar surface area (TPSA) is 132 Å². The molecule has 0 aliphatic carbocycles. The first-order chi connectivity index (χ1) is 28.4. The molecule has 0 bridgehead atoms. The molecule has 6 aromatic carbocycles. The molecular weight excluding hydrogens is 767 g/mol. The van der Waals surface area contributed by atoms with Crippen molar-refractivity contribution in [2.75, 3.05) is 18.5 Å². The van der Waals surface area contributed by atoms with Gasteiger partial charge in [0.15, 0.2) is 5.78 Å². The normalized spacial score (nSPS) is 11.2. The summed E-state index contributed by atoms with van der Waals surface area (Å²) in [6.07, 6.45) is 0. The Kier molecular flexibility index (Phi) is 14.4. The average molecular weight is 809 g/mol. The molecule has 11 heteroatoms. The van der Waals surface area contributed by atoms with Crippen molar-refractivity contribution in [2.24, 2.45) is 0 Å². The molecule has 0 spiro atoms. The number of carboxylic acids is 1. The van der Waals surface area contributed by atoms with E-state index in [1.165, 1.54) is 36.4 Å². The molecule has 1 amide bonds. The summed E-state index contributed by atoms with van der Waals surface area (Å²) in [6, 6.07) is 40.2. The first-order valence-electron chi connectivity index (χ1n) is 18.6. The van der Waals surface area contributed by atoms with Gasteiger partial charge in [-0.2, -0.15) is 0 Å². The molecule has 8 rings (SSSR count). The number of Topliss-reactive ketones (excluding diaryl/α,β-unsaturated/α-hetero) is 2. The minimum Gasteiger partial charge on any atom is -0.494 e. The molecule has 0 saturated carbocycles. The monoisotopic (exact) mass is 808 g/mol. The number of carboxylic acid groups (broad SMARTS) is 1. The van der Waals surface area contributed by atoms with Crippen LogP contribution in [0.5, 0.6) is 11.5 Å². The molecule has 304 valence electrons. The predicted molar refractivity (Wildman–Crippen MR) is 230 cm³/mol. The quantitative estimate of drug-likeness (QED) is 0.109. The molecule has 0 fully saturated rings. The fourth-order valence-corrected chi connectivity index (χ4v) is 6.19. The van der Waals surface area contributed by atoms with Crippen LogP contribution in [0.3, 0.4) is 0 Å². The van der Waals surface area contributed by atoms with Gasteiger partial charge in [0.2, 0.25) is 0 Å². The largest absolute Gasteiger partial charge is 0.494 e. The van der Waals surface area contributed by atoms with E-state index < -0.39 is 29.3 Å². The van der Waals surface area contributed by atoms with Gasteiger partial charge in [0.1, 0.15) is 23.1 Å². The second-order valence-corrected chi connectivity index (χ2v) is 13.1. The van der Waals surface area contributed by atoms with Crippen molar-refractivity contribution in [2.45, 2.75) is 28.2 Å². The number of aromatic carboxylic acids is 1. The maximum Gasteiger partial charge on any atom is 0.336 e. The number of benzene rings is 6. The Balaban J connectivity index is 0.000000187. The molecule has 0 saturated heterocycles. The number of pyridine rings is 1. The first-order valence-corrected chi connectivity index (χ1v) is 18.6. The van der Waals surface area contributed by atoms with E-state index in [1.807, 2.05) is 111 Å². The van der Waals surface area contributed by atoms with Gasteiger partial charge in [0.25, 0.3) is 11.7 Å². The van der Waals surface area contributed by atoms with Crippen LogP contribution in [0.25, 0.3) is 44.4 Å². The van der Waals surface area contributed by atoms with Gasteiger partial charge in [-0.25, -0.2) is 18.6 Å². The van der Waals surface area contributed by atoms with Gasteiger partial charge >= 0.3 is 5.97 Å². The molecule has 9 nitrogen and oxygen atoms in total. The third-order valence-electron chi connectivity index (χ3n) is 9.15. The van der Waals surface area contributed by atoms with Crippen LogP contribution in [-0.2, 0) is 4.79 Å². The van der Waals surface area contributed by atoms with Crippen LogP contribution in [0.4, 0.5) is 14.5 Å². The summed E-state index contributed by atoms with van der Waals surface area (Å²) >= 11 is 0. The molecule has 60 heavy (non-hydrogen) atoms. The second-order valence-electron chi connectivity index (χ2n) is 13.1. The van der Waals surface area contributed by atoms with E-state index in [0.29, 0.717) is 30.1 Å². The number of carbonyl (C=O) groups is 4. The summed E-state index contributed by atoms with van der Waals surface area (Å²) in [5.41, 5.74) is 7.31. The van der Waals surface area contributed by atoms with Crippen molar-refractivity contribution in [1.29, 1.82) is 0 Å². The van der Waals surface area contributed by atoms with Crippen molar-refractivity contribution in [3.63, 3.8) is 0 Å². The van der Waals surface area contributed by atoms with Crippen LogP contribution >= 0.6 is 0 Å². The van der Waals surface area contributed by atoms with E-state index in [-0.39, 0.29) is 29.7 Å². The fourth-order valence-electron chi connectivity index (χ4n) is 6.19. The van der Waals surface area contributed by atoms with Gasteiger partial charge in [-0.05, 0) is 110 Å². The Hall–Kier alpha value is -7.53. The summed E-state index contributed by atoms with van der Waals surface area (Å²) in [7, 11) is 0. The third kappa shape index (κ3) is 10.5. The highest BCUT2D eigenvalue weighted by molar-refractivity contribution is 6.51. The molecular formula is C49H42F2N2O7. The Morgan fingerprint density at radius 2 is 1.10 bits per heavy atom. The van der Waals surface area contributed by atoms with Crippen LogP contribution in [0, 0.1) is 11.6 Å². The molecule has 0 radical (unpaired) electrons. The highest BCUT2D eigenvalue weighted by Gasteiger charge is 2.27. The minimum absolute atomic E-state index is 0. The SMILES string of the molecule is C.CCOc1ccc(-c2ccc(-c3cc(C(=O)O)c4cc(F)ccc4n3)cc2)cc1.CCOc1ccc(-c2ccc(C(C)=O)cc2)cc1.O=C1Nc2ccc(F)cc2C1=O. The van der Waals surface area contributed by atoms with Crippen molar-refractivity contribution in [1.82, 2.24) is 4.98 Å². The van der Waals surface area contributed by atoms with E-state index >= 15 is 0 Å². The van der Waals surface area contributed by atoms with Crippen LogP contribution < -0.4 is 14.8 Å². The zero-order valence-electron chi connectivity index (χ0n) is 32.3. The number of hydrogen-bond acceptors (Lipinski definition) is 7. The van der Waals surface area contributed by atoms with Crippen LogP contribution in [0.15, 0.2) is 140 Å². The number of nitrogens with one attached hydrogen (secondary N) is 1. The number of fused-ring (bicyclic) bond motifs is 2. The number of rotatable bonds is 9. The smallest absolute Gasteiger partial charge is 0.336 e. The second kappa shape index (κ2) is 19.8. The molecule has 2 N–H and O–H groups in total. The summed E-state index contributed by atoms with van der Waals surface area (Å²) in [5.74, 6) is -1.70. The van der Waals surface area contributed by atoms with Crippen molar-refractivity contribution < 1.29 is 42.5 Å². The van der Waals surface area contributed by atoms with E-state index in [1.54, 1.807) is 6.92 Å². The van der Waals surface area contributed by atoms with Gasteiger partial charge in [0.05, 0.1) is 41.2 Å². The lowest BCUT2D eigenvalue weighted by Gasteiger charge is -2.09. The van der Waals surface area contributed by atoms with E-state index in [4.69, 9.17) is 9.47 Å². The summed E-state index contributed by atoms with van der Waals surface area (Å²) < 4.78 is 37.0. The molecule has 7 aromatic rings. The summed E-state index contributed by atoms with van der Waals surface area (Å²) in [6.45, 7) is 6.78. The van der Waals surface area contributed by atoms with Crippen molar-refractivity contribution >= 4 is 40.0 Å². The number of amides is 1. The molecule has 0 unspecified atom stereocenters. The molecule has 1 aliphatic rings. The number of hydrogen-bond donors (Lipinski definition) is 2. The van der Waals surface area contributed by atoms with Crippen LogP contribution in [-0.4, -0.2) is 46.7 Å². The van der Waals surface area contributed by atoms with E-state index in [9.17, 15) is 33.1 Å². The standard InChI is InChI=1S/C24H18FNO3.C16H16O2.C8H4FNO2.CH4/c1-2-29-19-10-7-16(8-11-19)15-3-5-17(6-4-15)23-14-21(24(27)28)20-13-18(25)9-12-22(20)26-23;1-3-18-16-10-8-15(9-11-16)14-6-4-13(5-7-14)12(2)17;9-4-1-2-6-5(3-4)7(11)8(12)10-6;/h3-14H,2H2,1H3,(H,27,28);4-11H,3H2,1-2H3;1-3H,(H,10,11,12);1H4. The Morgan fingerprint density at radius 3 is 1.60 bits per heavy atom. The number of aromatic nitrogens is 1. The van der Waals surface area contributed by atoms with E-state index in [0.717, 1.165) is 50.9 Å². The van der Waals surface area contributed by atoms with Crippen molar-refractivity contribution in [3.05, 3.63) is 168 Å². The highest BCUT2D eigenvalue weighted by atomic mass is 19.1. The molecule has 2 heterocycles. The maximum atomic E-state index is 13.5. The van der Waals surface area contributed by atoms with E-state index in [2.05, 4.69) is 10.3 Å². The van der Waals surface area contributed by atoms with Gasteiger partial charge in [-0.3, -0.25) is 14.4 Å². The Bertz CT molecular complexity index is 2650. The minimum atomic E-state index is -1.12. The van der Waals surface area contributed by atoms with Gasteiger partial charge in [0, 0.05) is 16.5 Å². The summed E-state index contributed by atoms with van der Waals surface area (Å²) in [4.78, 5) is 49.1. The maximum absolute atomic E-state index is 13.5. The van der Waals surface area contributed by atoms with Gasteiger partial charge < -0.3 is 19.9 Å². The molecule has 1 aromatic heterocycles. The zero-order chi connectivity index (χ0) is 42.1. The lowest BCUT2D eigenvalue weighted by Crippen LogP contribution is -2.12. The summed E-state index contributed by atoms with van der Waals surface area (Å²) in [5, 5.41) is 12.1. The number of halogens is 2. The number of ketones is 2. The Morgan fingerprint density at radius 1 is 0.633 bits per heavy atom. The number of ether oxygens (including phenoxy) is 2. The third-order valence-corrected chi connectivity index (χ3v) is 9.15. The predicted octanol–water partition coefficient (Wildman–Crippen LogP) is 11.4. The number of anilines is 1. The van der Waals surface area contributed by atoms with Crippen molar-refractivity contribution in [3.8, 4) is 45.0 Å². The molecule has 0 atom stereocenters. The number of nitrogens with zero attached hydrogens (tertiary/aromatic N) is 1. The fraction of sp³-hybridized carbons (Fsp3) is 0.122. The number of carbonyl (C=O) groups excluding carboxylic acids is 3. The van der Waals surface area contributed by atoms with Crippen LogP contribution in [0.1, 0.15) is 59.3 Å². The highest BCUT2D eigenvalue weighted by Crippen LogP contribution is 2.29. The van der Waals surface area contributed by atoms with Crippen LogP contribution in [0.2, 0.25) is 0 Å². The average Bonchev–Trinajstić information content (AvgIpc) is 3.53. The first kappa shape index (κ1) is 43.6. The lowest BCUT2D eigenvalue weighted by atomic mass is 10.0. The van der Waals surface area contributed by atoms with Gasteiger partial charge in [-0.1, -0.05) is 80.2 Å². The zero-order valence-corrected chi connectivity index (χ0v) is 32.3. The van der Waals surface area contributed by atoms with Gasteiger partial charge in [-0.15, -0.1) is 0 Å². The lowest BCUT2D eigenvalue weighted by molar-refractivity contribution is -0.112. The Labute approximate surface area is 346 Å².